The van der Waals surface area contributed by atoms with E-state index in [4.69, 9.17) is 4.74 Å². The van der Waals surface area contributed by atoms with Gasteiger partial charge in [-0.25, -0.2) is 0 Å². The zero-order chi connectivity index (χ0) is 13.1. The molecule has 0 aliphatic carbocycles. The number of amides is 1. The van der Waals surface area contributed by atoms with Gasteiger partial charge >= 0.3 is 0 Å². The third-order valence-electron chi connectivity index (χ3n) is 3.41. The first-order valence-electron chi connectivity index (χ1n) is 6.26. The van der Waals surface area contributed by atoms with Crippen LogP contribution in [0.4, 0.5) is 5.69 Å². The lowest BCUT2D eigenvalue weighted by atomic mass is 10.1. The Morgan fingerprint density at radius 3 is 2.78 bits per heavy atom. The summed E-state index contributed by atoms with van der Waals surface area (Å²) in [5.74, 6) is 0.00505. The summed E-state index contributed by atoms with van der Waals surface area (Å²) in [5, 5.41) is 3.17. The van der Waals surface area contributed by atoms with Crippen LogP contribution in [-0.2, 0) is 9.53 Å². The third kappa shape index (κ3) is 2.71. The van der Waals surface area contributed by atoms with Crippen molar-refractivity contribution in [1.29, 1.82) is 0 Å². The number of carbonyl (C=O) groups is 1. The lowest BCUT2D eigenvalue weighted by Crippen LogP contribution is -2.48. The first kappa shape index (κ1) is 13.1. The molecule has 0 bridgehead atoms. The van der Waals surface area contributed by atoms with E-state index in [1.807, 2.05) is 18.2 Å². The van der Waals surface area contributed by atoms with Crippen molar-refractivity contribution in [2.45, 2.75) is 20.0 Å². The summed E-state index contributed by atoms with van der Waals surface area (Å²) in [5.41, 5.74) is 3.34. The number of carbonyl (C=O) groups excluding carboxylic acids is 1. The first-order chi connectivity index (χ1) is 8.59. The SMILES string of the molecule is Cc1ccc(N(C)C(=O)C2CNCCO2)cc1C. The van der Waals surface area contributed by atoms with Crippen molar-refractivity contribution in [2.24, 2.45) is 0 Å². The second-order valence-electron chi connectivity index (χ2n) is 4.73. The predicted molar refractivity (Wildman–Crippen MR) is 71.9 cm³/mol. The molecule has 98 valence electrons. The summed E-state index contributed by atoms with van der Waals surface area (Å²) in [6.45, 7) is 6.12. The molecule has 0 radical (unpaired) electrons. The normalized spacial score (nSPS) is 19.6. The summed E-state index contributed by atoms with van der Waals surface area (Å²) < 4.78 is 5.48. The van der Waals surface area contributed by atoms with Gasteiger partial charge in [-0.05, 0) is 37.1 Å². The first-order valence-corrected chi connectivity index (χ1v) is 6.26. The van der Waals surface area contributed by atoms with E-state index in [2.05, 4.69) is 19.2 Å². The van der Waals surface area contributed by atoms with Crippen molar-refractivity contribution in [1.82, 2.24) is 5.32 Å². The average molecular weight is 248 g/mol. The number of benzene rings is 1. The summed E-state index contributed by atoms with van der Waals surface area (Å²) in [6.07, 6.45) is -0.370. The minimum atomic E-state index is -0.370. The molecule has 2 rings (SSSR count). The molecule has 1 atom stereocenters. The lowest BCUT2D eigenvalue weighted by Gasteiger charge is -2.27. The van der Waals surface area contributed by atoms with Crippen LogP contribution in [0.25, 0.3) is 0 Å². The van der Waals surface area contributed by atoms with Gasteiger partial charge in [0.15, 0.2) is 0 Å². The van der Waals surface area contributed by atoms with Gasteiger partial charge in [0.2, 0.25) is 0 Å². The molecular formula is C14H20N2O2. The van der Waals surface area contributed by atoms with Crippen molar-refractivity contribution >= 4 is 11.6 Å². The van der Waals surface area contributed by atoms with E-state index >= 15 is 0 Å². The molecule has 1 unspecified atom stereocenters. The molecule has 1 fully saturated rings. The van der Waals surface area contributed by atoms with Gasteiger partial charge in [-0.1, -0.05) is 6.07 Å². The van der Waals surface area contributed by atoms with E-state index in [0.29, 0.717) is 13.2 Å². The van der Waals surface area contributed by atoms with E-state index in [-0.39, 0.29) is 12.0 Å². The molecule has 1 aliphatic rings. The Labute approximate surface area is 108 Å². The highest BCUT2D eigenvalue weighted by molar-refractivity contribution is 5.96. The standard InChI is InChI=1S/C14H20N2O2/c1-10-4-5-12(8-11(10)2)16(3)14(17)13-9-15-6-7-18-13/h4-5,8,13,15H,6-7,9H2,1-3H3. The van der Waals surface area contributed by atoms with Crippen LogP contribution < -0.4 is 10.2 Å². The number of hydrogen-bond acceptors (Lipinski definition) is 3. The van der Waals surface area contributed by atoms with E-state index in [1.54, 1.807) is 11.9 Å². The maximum atomic E-state index is 12.3. The highest BCUT2D eigenvalue weighted by atomic mass is 16.5. The number of rotatable bonds is 2. The van der Waals surface area contributed by atoms with Crippen LogP contribution in [0.1, 0.15) is 11.1 Å². The highest BCUT2D eigenvalue weighted by Gasteiger charge is 2.25. The maximum Gasteiger partial charge on any atom is 0.257 e. The number of anilines is 1. The Morgan fingerprint density at radius 2 is 2.17 bits per heavy atom. The van der Waals surface area contributed by atoms with Crippen LogP contribution in [-0.4, -0.2) is 38.8 Å². The maximum absolute atomic E-state index is 12.3. The zero-order valence-corrected chi connectivity index (χ0v) is 11.2. The number of ether oxygens (including phenoxy) is 1. The number of nitrogens with zero attached hydrogens (tertiary/aromatic N) is 1. The van der Waals surface area contributed by atoms with E-state index < -0.39 is 0 Å². The van der Waals surface area contributed by atoms with Crippen LogP contribution in [0.2, 0.25) is 0 Å². The van der Waals surface area contributed by atoms with Crippen LogP contribution in [0, 0.1) is 13.8 Å². The quantitative estimate of drug-likeness (QED) is 0.856. The number of morpholine rings is 1. The van der Waals surface area contributed by atoms with Gasteiger partial charge in [0.25, 0.3) is 5.91 Å². The third-order valence-corrected chi connectivity index (χ3v) is 3.41. The number of likely N-dealkylation sites (N-methyl/N-ethyl adjacent to an activating group) is 1. The number of hydrogen-bond donors (Lipinski definition) is 1. The molecule has 0 saturated carbocycles. The van der Waals surface area contributed by atoms with E-state index in [0.717, 1.165) is 12.2 Å². The molecule has 1 aliphatic heterocycles. The highest BCUT2D eigenvalue weighted by Crippen LogP contribution is 2.19. The minimum Gasteiger partial charge on any atom is -0.366 e. The van der Waals surface area contributed by atoms with E-state index in [9.17, 15) is 4.79 Å². The number of aryl methyl sites for hydroxylation is 2. The van der Waals surface area contributed by atoms with Gasteiger partial charge in [-0.2, -0.15) is 0 Å². The smallest absolute Gasteiger partial charge is 0.257 e. The molecular weight excluding hydrogens is 228 g/mol. The van der Waals surface area contributed by atoms with Crippen molar-refractivity contribution in [3.8, 4) is 0 Å². The Kier molecular flexibility index (Phi) is 3.99. The summed E-state index contributed by atoms with van der Waals surface area (Å²) in [7, 11) is 1.80. The Balaban J connectivity index is 2.11. The predicted octanol–water partition coefficient (Wildman–Crippen LogP) is 1.25. The number of nitrogens with one attached hydrogen (secondary N) is 1. The molecule has 4 nitrogen and oxygen atoms in total. The van der Waals surface area contributed by atoms with Gasteiger partial charge < -0.3 is 15.0 Å². The molecule has 0 aromatic heterocycles. The lowest BCUT2D eigenvalue weighted by molar-refractivity contribution is -0.131. The molecule has 1 saturated heterocycles. The Hall–Kier alpha value is -1.39. The summed E-state index contributed by atoms with van der Waals surface area (Å²) >= 11 is 0. The van der Waals surface area contributed by atoms with Gasteiger partial charge in [0.05, 0.1) is 6.61 Å². The Bertz CT molecular complexity index is 439. The largest absolute Gasteiger partial charge is 0.366 e. The molecule has 4 heteroatoms. The van der Waals surface area contributed by atoms with Crippen LogP contribution >= 0.6 is 0 Å². The molecule has 1 aromatic carbocycles. The van der Waals surface area contributed by atoms with Gasteiger partial charge in [-0.15, -0.1) is 0 Å². The Morgan fingerprint density at radius 1 is 1.39 bits per heavy atom. The molecule has 1 aromatic rings. The minimum absolute atomic E-state index is 0.00505. The van der Waals surface area contributed by atoms with Crippen molar-refractivity contribution in [3.05, 3.63) is 29.3 Å². The topological polar surface area (TPSA) is 41.6 Å². The second kappa shape index (κ2) is 5.50. The van der Waals surface area contributed by atoms with Crippen LogP contribution in [0.3, 0.4) is 0 Å². The van der Waals surface area contributed by atoms with Gasteiger partial charge in [0.1, 0.15) is 6.10 Å². The fourth-order valence-electron chi connectivity index (χ4n) is 2.00. The average Bonchev–Trinajstić information content (AvgIpc) is 2.41. The van der Waals surface area contributed by atoms with Crippen LogP contribution in [0.15, 0.2) is 18.2 Å². The molecule has 0 spiro atoms. The molecule has 1 amide bonds. The fraction of sp³-hybridized carbons (Fsp3) is 0.500. The zero-order valence-electron chi connectivity index (χ0n) is 11.2. The van der Waals surface area contributed by atoms with Gasteiger partial charge in [0, 0.05) is 25.8 Å². The second-order valence-corrected chi connectivity index (χ2v) is 4.73. The molecule has 1 heterocycles. The van der Waals surface area contributed by atoms with Crippen molar-refractivity contribution < 1.29 is 9.53 Å². The summed E-state index contributed by atoms with van der Waals surface area (Å²) in [6, 6.07) is 6.04. The van der Waals surface area contributed by atoms with Crippen molar-refractivity contribution in [2.75, 3.05) is 31.6 Å². The molecule has 18 heavy (non-hydrogen) atoms. The summed E-state index contributed by atoms with van der Waals surface area (Å²) in [4.78, 5) is 13.9. The fourth-order valence-corrected chi connectivity index (χ4v) is 2.00. The van der Waals surface area contributed by atoms with E-state index in [1.165, 1.54) is 11.1 Å². The monoisotopic (exact) mass is 248 g/mol. The van der Waals surface area contributed by atoms with Crippen LogP contribution in [0.5, 0.6) is 0 Å². The van der Waals surface area contributed by atoms with Gasteiger partial charge in [-0.3, -0.25) is 4.79 Å². The van der Waals surface area contributed by atoms with Crippen molar-refractivity contribution in [3.63, 3.8) is 0 Å². The molecule has 1 N–H and O–H groups in total.